The Hall–Kier alpha value is -9.12. The van der Waals surface area contributed by atoms with E-state index in [1.54, 1.807) is 0 Å². The molecule has 4 heteroatoms. The SMILES string of the molecule is c1ccc(-c2cccc(-c3nc(-c4c(-c5ccccc5)cccc4-n4c5ccccc5c5ccccc54)cc(-c4c(-c5ccccc5)cccc4-n4c5ccccc5c5ccccc54)n3)c2)cc1. The molecule has 13 aromatic rings. The quantitative estimate of drug-likeness (QED) is 0.153. The molecule has 0 unspecified atom stereocenters. The Morgan fingerprint density at radius 3 is 1.01 bits per heavy atom. The van der Waals surface area contributed by atoms with Gasteiger partial charge in [-0.1, -0.05) is 206 Å². The fourth-order valence-corrected chi connectivity index (χ4v) is 10.4. The summed E-state index contributed by atoms with van der Waals surface area (Å²) < 4.78 is 4.84. The number of rotatable bonds is 8. The topological polar surface area (TPSA) is 35.6 Å². The molecule has 68 heavy (non-hydrogen) atoms. The smallest absolute Gasteiger partial charge is 0.160 e. The van der Waals surface area contributed by atoms with E-state index in [0.717, 1.165) is 94.9 Å². The van der Waals surface area contributed by atoms with E-state index >= 15 is 0 Å². The number of hydrogen-bond donors (Lipinski definition) is 0. The van der Waals surface area contributed by atoms with Crippen molar-refractivity contribution in [3.63, 3.8) is 0 Å². The lowest BCUT2D eigenvalue weighted by atomic mass is 9.92. The summed E-state index contributed by atoms with van der Waals surface area (Å²) in [5.41, 5.74) is 17.8. The van der Waals surface area contributed by atoms with Crippen molar-refractivity contribution in [1.29, 1.82) is 0 Å². The molecule has 0 amide bonds. The summed E-state index contributed by atoms with van der Waals surface area (Å²) in [6.07, 6.45) is 0. The number of fused-ring (bicyclic) bond motifs is 6. The molecule has 3 aromatic heterocycles. The first-order chi connectivity index (χ1) is 33.8. The van der Waals surface area contributed by atoms with Crippen LogP contribution in [0.4, 0.5) is 0 Å². The van der Waals surface area contributed by atoms with Crippen LogP contribution in [-0.2, 0) is 0 Å². The lowest BCUT2D eigenvalue weighted by molar-refractivity contribution is 1.14. The van der Waals surface area contributed by atoms with Gasteiger partial charge in [0.1, 0.15) is 0 Å². The van der Waals surface area contributed by atoms with Gasteiger partial charge >= 0.3 is 0 Å². The fourth-order valence-electron chi connectivity index (χ4n) is 10.4. The van der Waals surface area contributed by atoms with Crippen molar-refractivity contribution < 1.29 is 0 Å². The van der Waals surface area contributed by atoms with Crippen molar-refractivity contribution in [3.8, 4) is 78.7 Å². The molecule has 4 nitrogen and oxygen atoms in total. The summed E-state index contributed by atoms with van der Waals surface area (Å²) in [5, 5.41) is 4.81. The van der Waals surface area contributed by atoms with Gasteiger partial charge < -0.3 is 9.13 Å². The molecule has 0 radical (unpaired) electrons. The van der Waals surface area contributed by atoms with Crippen LogP contribution in [0, 0.1) is 0 Å². The maximum Gasteiger partial charge on any atom is 0.160 e. The minimum atomic E-state index is 0.641. The zero-order chi connectivity index (χ0) is 45.0. The van der Waals surface area contributed by atoms with E-state index in [1.807, 2.05) is 0 Å². The first-order valence-electron chi connectivity index (χ1n) is 23.2. The third kappa shape index (κ3) is 6.53. The van der Waals surface area contributed by atoms with Gasteiger partial charge in [-0.15, -0.1) is 0 Å². The summed E-state index contributed by atoms with van der Waals surface area (Å²) in [5.74, 6) is 0.641. The van der Waals surface area contributed by atoms with Crippen LogP contribution in [0.1, 0.15) is 0 Å². The number of benzene rings is 10. The molecule has 0 N–H and O–H groups in total. The molecule has 0 aliphatic carbocycles. The summed E-state index contributed by atoms with van der Waals surface area (Å²) in [7, 11) is 0. The molecule has 0 saturated carbocycles. The minimum absolute atomic E-state index is 0.641. The van der Waals surface area contributed by atoms with Gasteiger partial charge in [-0.3, -0.25) is 0 Å². The highest BCUT2D eigenvalue weighted by Crippen LogP contribution is 2.45. The number of para-hydroxylation sites is 4. The van der Waals surface area contributed by atoms with Crippen molar-refractivity contribution in [2.24, 2.45) is 0 Å². The van der Waals surface area contributed by atoms with E-state index in [9.17, 15) is 0 Å². The molecule has 318 valence electrons. The van der Waals surface area contributed by atoms with Crippen LogP contribution in [-0.4, -0.2) is 19.1 Å². The van der Waals surface area contributed by atoms with Crippen LogP contribution in [0.3, 0.4) is 0 Å². The van der Waals surface area contributed by atoms with Crippen molar-refractivity contribution in [2.75, 3.05) is 0 Å². The van der Waals surface area contributed by atoms with Crippen molar-refractivity contribution in [2.45, 2.75) is 0 Å². The summed E-state index contributed by atoms with van der Waals surface area (Å²) >= 11 is 0. The second-order valence-corrected chi connectivity index (χ2v) is 17.3. The lowest BCUT2D eigenvalue weighted by Gasteiger charge is -2.21. The van der Waals surface area contributed by atoms with Crippen LogP contribution in [0.25, 0.3) is 122 Å². The molecule has 0 bridgehead atoms. The number of aromatic nitrogens is 4. The molecule has 3 heterocycles. The average molecular weight is 867 g/mol. The molecular formula is C64H42N4. The first-order valence-corrected chi connectivity index (χ1v) is 23.2. The monoisotopic (exact) mass is 866 g/mol. The van der Waals surface area contributed by atoms with Crippen LogP contribution in [0.15, 0.2) is 255 Å². The minimum Gasteiger partial charge on any atom is -0.309 e. The Labute approximate surface area is 394 Å². The Morgan fingerprint density at radius 2 is 0.588 bits per heavy atom. The van der Waals surface area contributed by atoms with E-state index in [0.29, 0.717) is 5.82 Å². The molecule has 0 fully saturated rings. The molecule has 0 saturated heterocycles. The summed E-state index contributed by atoms with van der Waals surface area (Å²) in [6.45, 7) is 0. The van der Waals surface area contributed by atoms with Gasteiger partial charge in [0.15, 0.2) is 5.82 Å². The number of nitrogens with zero attached hydrogens (tertiary/aromatic N) is 4. The van der Waals surface area contributed by atoms with Gasteiger partial charge in [-0.05, 0) is 81.9 Å². The third-order valence-corrected chi connectivity index (χ3v) is 13.4. The molecular weight excluding hydrogens is 825 g/mol. The molecule has 0 aliphatic heterocycles. The van der Waals surface area contributed by atoms with E-state index in [1.165, 1.54) is 21.5 Å². The molecule has 0 aliphatic rings. The van der Waals surface area contributed by atoms with Crippen LogP contribution in [0.2, 0.25) is 0 Å². The van der Waals surface area contributed by atoms with E-state index in [4.69, 9.17) is 9.97 Å². The zero-order valence-electron chi connectivity index (χ0n) is 37.0. The van der Waals surface area contributed by atoms with Crippen LogP contribution in [0.5, 0.6) is 0 Å². The summed E-state index contributed by atoms with van der Waals surface area (Å²) in [6, 6.07) is 91.1. The Morgan fingerprint density at radius 1 is 0.250 bits per heavy atom. The highest BCUT2D eigenvalue weighted by atomic mass is 15.0. The molecule has 10 aromatic carbocycles. The van der Waals surface area contributed by atoms with E-state index in [-0.39, 0.29) is 0 Å². The largest absolute Gasteiger partial charge is 0.309 e. The van der Waals surface area contributed by atoms with Crippen molar-refractivity contribution in [1.82, 2.24) is 19.1 Å². The number of hydrogen-bond acceptors (Lipinski definition) is 2. The second-order valence-electron chi connectivity index (χ2n) is 17.3. The van der Waals surface area contributed by atoms with Crippen LogP contribution < -0.4 is 0 Å². The van der Waals surface area contributed by atoms with Gasteiger partial charge in [0, 0.05) is 38.2 Å². The molecule has 13 rings (SSSR count). The Kier molecular flexibility index (Phi) is 9.47. The van der Waals surface area contributed by atoms with E-state index in [2.05, 4.69) is 264 Å². The van der Waals surface area contributed by atoms with Gasteiger partial charge in [-0.2, -0.15) is 0 Å². The predicted octanol–water partition coefficient (Wildman–Crippen LogP) is 16.7. The normalized spacial score (nSPS) is 11.5. The van der Waals surface area contributed by atoms with Crippen molar-refractivity contribution in [3.05, 3.63) is 255 Å². The van der Waals surface area contributed by atoms with Crippen LogP contribution >= 0.6 is 0 Å². The highest BCUT2D eigenvalue weighted by Gasteiger charge is 2.25. The van der Waals surface area contributed by atoms with Gasteiger partial charge in [-0.25, -0.2) is 9.97 Å². The molecule has 0 atom stereocenters. The first kappa shape index (κ1) is 39.3. The van der Waals surface area contributed by atoms with Crippen molar-refractivity contribution >= 4 is 43.6 Å². The predicted molar refractivity (Wildman–Crippen MR) is 283 cm³/mol. The van der Waals surface area contributed by atoms with Gasteiger partial charge in [0.25, 0.3) is 0 Å². The highest BCUT2D eigenvalue weighted by molar-refractivity contribution is 6.11. The summed E-state index contributed by atoms with van der Waals surface area (Å²) in [4.78, 5) is 11.4. The third-order valence-electron chi connectivity index (χ3n) is 13.4. The Bertz CT molecular complexity index is 3690. The maximum absolute atomic E-state index is 5.71. The standard InChI is InChI=1S/C64H42N4/c1-4-21-43(22-5-1)46-27-18-28-47(41-46)64-65-54(62-48(44-23-6-2-7-24-44)33-19-39-60(62)67-56-35-14-10-29-50(56)51-30-11-15-36-57(51)67)42-55(66-64)63-49(45-25-8-3-9-26-45)34-20-40-61(63)68-58-37-16-12-31-52(58)53-32-13-17-38-59(53)68/h1-42H. The second kappa shape index (κ2) is 16.4. The lowest BCUT2D eigenvalue weighted by Crippen LogP contribution is -2.04. The maximum atomic E-state index is 5.71. The Balaban J connectivity index is 1.17. The molecule has 0 spiro atoms. The average Bonchev–Trinajstić information content (AvgIpc) is 3.94. The fraction of sp³-hybridized carbons (Fsp3) is 0. The van der Waals surface area contributed by atoms with E-state index < -0.39 is 0 Å². The van der Waals surface area contributed by atoms with Gasteiger partial charge in [0.2, 0.25) is 0 Å². The zero-order valence-corrected chi connectivity index (χ0v) is 37.0. The van der Waals surface area contributed by atoms with Gasteiger partial charge in [0.05, 0.1) is 44.8 Å².